The van der Waals surface area contributed by atoms with E-state index in [0.29, 0.717) is 18.9 Å². The maximum Gasteiger partial charge on any atom is 0.151 e. The Kier molecular flexibility index (Phi) is 5.26. The van der Waals surface area contributed by atoms with Crippen LogP contribution in [0.4, 0.5) is 0 Å². The molecule has 0 radical (unpaired) electrons. The van der Waals surface area contributed by atoms with Crippen molar-refractivity contribution in [2.45, 2.75) is 39.0 Å². The average molecular weight is 349 g/mol. The van der Waals surface area contributed by atoms with Crippen molar-refractivity contribution < 1.29 is 17.6 Å². The van der Waals surface area contributed by atoms with Gasteiger partial charge in [0, 0.05) is 18.2 Å². The molecule has 1 saturated heterocycles. The van der Waals surface area contributed by atoms with E-state index in [0.717, 1.165) is 35.5 Å². The lowest BCUT2D eigenvalue weighted by Gasteiger charge is -2.23. The van der Waals surface area contributed by atoms with Crippen LogP contribution in [0.3, 0.4) is 0 Å². The molecule has 1 aromatic heterocycles. The number of benzene rings is 1. The minimum Gasteiger partial charge on any atom is -0.485 e. The van der Waals surface area contributed by atoms with Crippen molar-refractivity contribution >= 4 is 9.84 Å². The number of hydrogen-bond acceptors (Lipinski definition) is 5. The van der Waals surface area contributed by atoms with Crippen LogP contribution in [0.5, 0.6) is 5.75 Å². The van der Waals surface area contributed by atoms with E-state index in [9.17, 15) is 8.42 Å². The zero-order chi connectivity index (χ0) is 17.0. The molecule has 1 N–H and O–H groups in total. The molecule has 6 heteroatoms. The standard InChI is InChI=1S/C18H23NO4S/c1-14-6-7-15(11-19-16-4-3-9-24(20,21)13-16)18(10-14)23-12-17-5-2-8-22-17/h2,5-8,10,16,19H,3-4,9,11-13H2,1H3/t16-/m0/s1. The molecular weight excluding hydrogens is 326 g/mol. The maximum atomic E-state index is 11.7. The summed E-state index contributed by atoms with van der Waals surface area (Å²) in [4.78, 5) is 0. The SMILES string of the molecule is Cc1ccc(CN[C@H]2CCCS(=O)(=O)C2)c(OCc2ccco2)c1. The molecule has 2 aromatic rings. The van der Waals surface area contributed by atoms with Crippen LogP contribution in [-0.4, -0.2) is 26.0 Å². The van der Waals surface area contributed by atoms with Crippen LogP contribution in [0.15, 0.2) is 41.0 Å². The summed E-state index contributed by atoms with van der Waals surface area (Å²) in [6, 6.07) is 9.79. The fourth-order valence-corrected chi connectivity index (χ4v) is 4.59. The summed E-state index contributed by atoms with van der Waals surface area (Å²) in [6.07, 6.45) is 3.25. The van der Waals surface area contributed by atoms with Gasteiger partial charge >= 0.3 is 0 Å². The van der Waals surface area contributed by atoms with Gasteiger partial charge in [-0.25, -0.2) is 8.42 Å². The van der Waals surface area contributed by atoms with E-state index in [-0.39, 0.29) is 11.8 Å². The van der Waals surface area contributed by atoms with Crippen molar-refractivity contribution in [3.63, 3.8) is 0 Å². The summed E-state index contributed by atoms with van der Waals surface area (Å²) >= 11 is 0. The van der Waals surface area contributed by atoms with Gasteiger partial charge in [0.2, 0.25) is 0 Å². The molecule has 130 valence electrons. The molecule has 0 unspecified atom stereocenters. The monoisotopic (exact) mass is 349 g/mol. The molecule has 24 heavy (non-hydrogen) atoms. The van der Waals surface area contributed by atoms with Gasteiger partial charge in [-0.1, -0.05) is 12.1 Å². The van der Waals surface area contributed by atoms with Gasteiger partial charge in [0.25, 0.3) is 0 Å². The van der Waals surface area contributed by atoms with E-state index < -0.39 is 9.84 Å². The molecule has 3 rings (SSSR count). The highest BCUT2D eigenvalue weighted by Crippen LogP contribution is 2.22. The molecule has 0 amide bonds. The molecule has 0 saturated carbocycles. The third kappa shape index (κ3) is 4.61. The lowest BCUT2D eigenvalue weighted by atomic mass is 10.1. The van der Waals surface area contributed by atoms with Crippen LogP contribution in [0, 0.1) is 6.92 Å². The molecule has 1 aliphatic heterocycles. The zero-order valence-corrected chi connectivity index (χ0v) is 14.6. The first-order chi connectivity index (χ1) is 11.5. The number of rotatable bonds is 6. The maximum absolute atomic E-state index is 11.7. The molecule has 1 atom stereocenters. The summed E-state index contributed by atoms with van der Waals surface area (Å²) in [6.45, 7) is 2.99. The third-order valence-corrected chi connectivity index (χ3v) is 6.04. The fourth-order valence-electron chi connectivity index (χ4n) is 2.92. The Balaban J connectivity index is 1.64. The second-order valence-corrected chi connectivity index (χ2v) is 8.54. The Labute approximate surface area is 142 Å². The van der Waals surface area contributed by atoms with Crippen molar-refractivity contribution in [2.24, 2.45) is 0 Å². The Morgan fingerprint density at radius 2 is 2.21 bits per heavy atom. The Morgan fingerprint density at radius 1 is 1.33 bits per heavy atom. The molecule has 1 fully saturated rings. The highest BCUT2D eigenvalue weighted by Gasteiger charge is 2.24. The fraction of sp³-hybridized carbons (Fsp3) is 0.444. The molecule has 0 bridgehead atoms. The largest absolute Gasteiger partial charge is 0.485 e. The molecule has 2 heterocycles. The minimum atomic E-state index is -2.90. The Morgan fingerprint density at radius 3 is 2.96 bits per heavy atom. The van der Waals surface area contributed by atoms with E-state index in [1.807, 2.05) is 37.3 Å². The Bertz CT molecular complexity index is 768. The lowest BCUT2D eigenvalue weighted by Crippen LogP contribution is -2.39. The predicted molar refractivity (Wildman–Crippen MR) is 92.7 cm³/mol. The van der Waals surface area contributed by atoms with Gasteiger partial charge in [-0.15, -0.1) is 0 Å². The highest BCUT2D eigenvalue weighted by atomic mass is 32.2. The van der Waals surface area contributed by atoms with Crippen LogP contribution in [0.1, 0.15) is 29.7 Å². The Hall–Kier alpha value is -1.79. The van der Waals surface area contributed by atoms with E-state index in [1.54, 1.807) is 6.26 Å². The topological polar surface area (TPSA) is 68.5 Å². The summed E-state index contributed by atoms with van der Waals surface area (Å²) in [7, 11) is -2.90. The van der Waals surface area contributed by atoms with Crippen LogP contribution < -0.4 is 10.1 Å². The molecule has 1 aromatic carbocycles. The second-order valence-electron chi connectivity index (χ2n) is 6.31. The lowest BCUT2D eigenvalue weighted by molar-refractivity contribution is 0.266. The molecular formula is C18H23NO4S. The first-order valence-corrected chi connectivity index (χ1v) is 10.0. The van der Waals surface area contributed by atoms with Gasteiger partial charge in [0.1, 0.15) is 18.1 Å². The van der Waals surface area contributed by atoms with Gasteiger partial charge in [0.05, 0.1) is 17.8 Å². The smallest absolute Gasteiger partial charge is 0.151 e. The zero-order valence-electron chi connectivity index (χ0n) is 13.8. The number of ether oxygens (including phenoxy) is 1. The van der Waals surface area contributed by atoms with Gasteiger partial charge in [-0.3, -0.25) is 0 Å². The van der Waals surface area contributed by atoms with Crippen LogP contribution >= 0.6 is 0 Å². The van der Waals surface area contributed by atoms with Gasteiger partial charge in [0.15, 0.2) is 9.84 Å². The second kappa shape index (κ2) is 7.40. The van der Waals surface area contributed by atoms with Crippen molar-refractivity contribution in [3.8, 4) is 5.75 Å². The van der Waals surface area contributed by atoms with Crippen molar-refractivity contribution in [2.75, 3.05) is 11.5 Å². The van der Waals surface area contributed by atoms with E-state index in [4.69, 9.17) is 9.15 Å². The molecule has 1 aliphatic rings. The summed E-state index contributed by atoms with van der Waals surface area (Å²) < 4.78 is 34.7. The third-order valence-electron chi connectivity index (χ3n) is 4.22. The normalized spacial score (nSPS) is 20.0. The van der Waals surface area contributed by atoms with E-state index >= 15 is 0 Å². The van der Waals surface area contributed by atoms with Gasteiger partial charge in [-0.2, -0.15) is 0 Å². The molecule has 5 nitrogen and oxygen atoms in total. The summed E-state index contributed by atoms with van der Waals surface area (Å²) in [5.41, 5.74) is 2.14. The molecule has 0 spiro atoms. The number of furan rings is 1. The van der Waals surface area contributed by atoms with Crippen molar-refractivity contribution in [1.29, 1.82) is 0 Å². The quantitative estimate of drug-likeness (QED) is 0.868. The van der Waals surface area contributed by atoms with Gasteiger partial charge < -0.3 is 14.5 Å². The van der Waals surface area contributed by atoms with Crippen LogP contribution in [0.2, 0.25) is 0 Å². The first-order valence-electron chi connectivity index (χ1n) is 8.20. The first kappa shape index (κ1) is 17.0. The predicted octanol–water partition coefficient (Wildman–Crippen LogP) is 2.83. The van der Waals surface area contributed by atoms with Crippen molar-refractivity contribution in [3.05, 3.63) is 53.5 Å². The van der Waals surface area contributed by atoms with Crippen molar-refractivity contribution in [1.82, 2.24) is 5.32 Å². The summed E-state index contributed by atoms with van der Waals surface area (Å²) in [5, 5.41) is 3.36. The van der Waals surface area contributed by atoms with Gasteiger partial charge in [-0.05, 0) is 43.5 Å². The summed E-state index contributed by atoms with van der Waals surface area (Å²) in [5.74, 6) is 2.11. The molecule has 0 aliphatic carbocycles. The highest BCUT2D eigenvalue weighted by molar-refractivity contribution is 7.91. The number of hydrogen-bond donors (Lipinski definition) is 1. The number of sulfone groups is 1. The minimum absolute atomic E-state index is 0.0166. The van der Waals surface area contributed by atoms with E-state index in [1.165, 1.54) is 0 Å². The number of nitrogens with one attached hydrogen (secondary N) is 1. The van der Waals surface area contributed by atoms with E-state index in [2.05, 4.69) is 5.32 Å². The average Bonchev–Trinajstić information content (AvgIpc) is 3.04. The van der Waals surface area contributed by atoms with Crippen LogP contribution in [-0.2, 0) is 23.0 Å². The van der Waals surface area contributed by atoms with Crippen LogP contribution in [0.25, 0.3) is 0 Å². The number of aryl methyl sites for hydroxylation is 1.